The lowest BCUT2D eigenvalue weighted by atomic mass is 10.1. The van der Waals surface area contributed by atoms with Crippen LogP contribution in [0.15, 0.2) is 30.5 Å². The number of alkyl halides is 1. The third-order valence-corrected chi connectivity index (χ3v) is 5.45. The number of nitrogens with one attached hydrogen (secondary N) is 1. The van der Waals surface area contributed by atoms with Crippen molar-refractivity contribution in [2.45, 2.75) is 38.4 Å². The Morgan fingerprint density at radius 2 is 2.13 bits per heavy atom. The second-order valence-electron chi connectivity index (χ2n) is 8.71. The van der Waals surface area contributed by atoms with Gasteiger partial charge in [0, 0.05) is 30.6 Å². The number of aromatic nitrogens is 1. The molecule has 1 fully saturated rings. The zero-order chi connectivity index (χ0) is 22.6. The molecule has 2 atom stereocenters. The van der Waals surface area contributed by atoms with Gasteiger partial charge in [-0.15, -0.1) is 0 Å². The average molecular weight is 431 g/mol. The van der Waals surface area contributed by atoms with Crippen LogP contribution < -0.4 is 10.1 Å². The van der Waals surface area contributed by atoms with Gasteiger partial charge in [-0.25, -0.2) is 4.39 Å². The van der Waals surface area contributed by atoms with E-state index in [1.165, 1.54) is 11.8 Å². The Labute approximate surface area is 182 Å². The van der Waals surface area contributed by atoms with Crippen LogP contribution in [0, 0.1) is 0 Å². The number of carbonyl (C=O) groups excluding carboxylic acids is 2. The molecule has 8 heteroatoms. The Hall–Kier alpha value is -2.74. The van der Waals surface area contributed by atoms with Crippen LogP contribution >= 0.6 is 0 Å². The Kier molecular flexibility index (Phi) is 7.10. The second-order valence-corrected chi connectivity index (χ2v) is 8.71. The number of hydrogen-bond acceptors (Lipinski definition) is 5. The van der Waals surface area contributed by atoms with Gasteiger partial charge in [0.25, 0.3) is 5.91 Å². The van der Waals surface area contributed by atoms with Gasteiger partial charge in [-0.05, 0) is 58.6 Å². The Bertz CT molecular complexity index is 948. The molecule has 1 aromatic carbocycles. The number of carbonyl (C=O) groups is 2. The van der Waals surface area contributed by atoms with Crippen molar-refractivity contribution in [3.05, 3.63) is 36.0 Å². The predicted molar refractivity (Wildman–Crippen MR) is 118 cm³/mol. The number of hydrogen-bond donors (Lipinski definition) is 1. The lowest BCUT2D eigenvalue weighted by molar-refractivity contribution is -0.131. The number of likely N-dealkylation sites (tertiary alicyclic amines) is 1. The molecule has 31 heavy (non-hydrogen) atoms. The SMILES string of the molecule is C[C@@H]1CC(C)(F)CN1C(=O)CNC(=O)c1ccnc2ccc(OCCCN(C)C)cc12. The van der Waals surface area contributed by atoms with E-state index >= 15 is 0 Å². The van der Waals surface area contributed by atoms with Crippen molar-refractivity contribution in [3.63, 3.8) is 0 Å². The lowest BCUT2D eigenvalue weighted by Gasteiger charge is -2.21. The summed E-state index contributed by atoms with van der Waals surface area (Å²) in [5.41, 5.74) is -0.300. The summed E-state index contributed by atoms with van der Waals surface area (Å²) in [5.74, 6) is 0.00312. The number of amides is 2. The van der Waals surface area contributed by atoms with Gasteiger partial charge in [0.05, 0.1) is 30.8 Å². The molecule has 0 spiro atoms. The molecule has 0 bridgehead atoms. The summed E-state index contributed by atoms with van der Waals surface area (Å²) in [5, 5.41) is 3.33. The van der Waals surface area contributed by atoms with Gasteiger partial charge in [0.1, 0.15) is 11.4 Å². The molecule has 1 saturated heterocycles. The third kappa shape index (κ3) is 5.91. The van der Waals surface area contributed by atoms with Crippen LogP contribution in [0.1, 0.15) is 37.0 Å². The molecule has 7 nitrogen and oxygen atoms in total. The molecule has 0 aliphatic carbocycles. The highest BCUT2D eigenvalue weighted by molar-refractivity contribution is 6.07. The summed E-state index contributed by atoms with van der Waals surface area (Å²) < 4.78 is 20.0. The number of pyridine rings is 1. The maximum absolute atomic E-state index is 14.2. The van der Waals surface area contributed by atoms with Gasteiger partial charge in [-0.3, -0.25) is 14.6 Å². The number of nitrogens with zero attached hydrogens (tertiary/aromatic N) is 3. The summed E-state index contributed by atoms with van der Waals surface area (Å²) >= 11 is 0. The summed E-state index contributed by atoms with van der Waals surface area (Å²) in [6.07, 6.45) is 2.76. The molecule has 2 heterocycles. The quantitative estimate of drug-likeness (QED) is 0.652. The van der Waals surface area contributed by atoms with E-state index in [4.69, 9.17) is 4.74 Å². The van der Waals surface area contributed by atoms with Crippen molar-refractivity contribution in [3.8, 4) is 5.75 Å². The number of fused-ring (bicyclic) bond motifs is 1. The first kappa shape index (κ1) is 22.9. The molecule has 168 valence electrons. The Morgan fingerprint density at radius 3 is 2.81 bits per heavy atom. The minimum absolute atomic E-state index is 0.0512. The highest BCUT2D eigenvalue weighted by Crippen LogP contribution is 2.30. The molecule has 1 aliphatic heterocycles. The van der Waals surface area contributed by atoms with Crippen molar-refractivity contribution < 1.29 is 18.7 Å². The van der Waals surface area contributed by atoms with Gasteiger partial charge < -0.3 is 19.9 Å². The zero-order valence-electron chi connectivity index (χ0n) is 18.7. The molecule has 2 aromatic rings. The lowest BCUT2D eigenvalue weighted by Crippen LogP contribution is -2.42. The van der Waals surface area contributed by atoms with E-state index in [9.17, 15) is 14.0 Å². The molecule has 2 amide bonds. The van der Waals surface area contributed by atoms with Crippen LogP contribution in [0.2, 0.25) is 0 Å². The van der Waals surface area contributed by atoms with Gasteiger partial charge in [-0.1, -0.05) is 0 Å². The molecular formula is C23H31FN4O3. The van der Waals surface area contributed by atoms with E-state index in [1.807, 2.05) is 33.2 Å². The topological polar surface area (TPSA) is 74.8 Å². The first-order chi connectivity index (χ1) is 14.7. The van der Waals surface area contributed by atoms with Crippen molar-refractivity contribution >= 4 is 22.7 Å². The average Bonchev–Trinajstić information content (AvgIpc) is 3.00. The number of halogens is 1. The molecule has 0 radical (unpaired) electrons. The van der Waals surface area contributed by atoms with Gasteiger partial charge in [-0.2, -0.15) is 0 Å². The highest BCUT2D eigenvalue weighted by atomic mass is 19.1. The molecular weight excluding hydrogens is 399 g/mol. The van der Waals surface area contributed by atoms with Crippen molar-refractivity contribution in [2.75, 3.05) is 40.3 Å². The van der Waals surface area contributed by atoms with Crippen LogP contribution in [0.3, 0.4) is 0 Å². The van der Waals surface area contributed by atoms with E-state index in [2.05, 4.69) is 15.2 Å². The standard InChI is InChI=1S/C23H31FN4O3/c1-16-13-23(2,24)15-28(16)21(29)14-26-22(30)18-8-9-25-20-7-6-17(12-19(18)20)31-11-5-10-27(3)4/h6-9,12,16H,5,10-11,13-15H2,1-4H3,(H,26,30)/t16-,23?/m1/s1. The zero-order valence-corrected chi connectivity index (χ0v) is 18.7. The maximum atomic E-state index is 14.2. The minimum Gasteiger partial charge on any atom is -0.494 e. The largest absolute Gasteiger partial charge is 0.494 e. The van der Waals surface area contributed by atoms with Crippen molar-refractivity contribution in [1.29, 1.82) is 0 Å². The molecule has 1 aromatic heterocycles. The molecule has 0 saturated carbocycles. The van der Waals surface area contributed by atoms with E-state index in [1.54, 1.807) is 18.3 Å². The fourth-order valence-corrected chi connectivity index (χ4v) is 3.97. The monoisotopic (exact) mass is 430 g/mol. The van der Waals surface area contributed by atoms with E-state index in [-0.39, 0.29) is 30.9 Å². The summed E-state index contributed by atoms with van der Waals surface area (Å²) in [4.78, 5) is 33.2. The van der Waals surface area contributed by atoms with Gasteiger partial charge in [0.15, 0.2) is 0 Å². The van der Waals surface area contributed by atoms with Crippen molar-refractivity contribution in [2.24, 2.45) is 0 Å². The number of rotatable bonds is 8. The second kappa shape index (κ2) is 9.60. The van der Waals surface area contributed by atoms with E-state index in [0.29, 0.717) is 35.2 Å². The summed E-state index contributed by atoms with van der Waals surface area (Å²) in [6, 6.07) is 6.88. The van der Waals surface area contributed by atoms with Crippen LogP contribution in [0.5, 0.6) is 5.75 Å². The minimum atomic E-state index is -1.39. The van der Waals surface area contributed by atoms with Gasteiger partial charge in [0.2, 0.25) is 5.91 Å². The van der Waals surface area contributed by atoms with Crippen molar-refractivity contribution in [1.82, 2.24) is 20.1 Å². The van der Waals surface area contributed by atoms with Crippen LogP contribution in [0.4, 0.5) is 4.39 Å². The predicted octanol–water partition coefficient (Wildman–Crippen LogP) is 2.64. The Morgan fingerprint density at radius 1 is 1.35 bits per heavy atom. The summed E-state index contributed by atoms with van der Waals surface area (Å²) in [6.45, 7) is 4.69. The molecule has 3 rings (SSSR count). The number of ether oxygens (including phenoxy) is 1. The smallest absolute Gasteiger partial charge is 0.252 e. The van der Waals surface area contributed by atoms with Crippen LogP contribution in [0.25, 0.3) is 10.9 Å². The maximum Gasteiger partial charge on any atom is 0.252 e. The van der Waals surface area contributed by atoms with Gasteiger partial charge >= 0.3 is 0 Å². The molecule has 1 unspecified atom stereocenters. The molecule has 1 aliphatic rings. The Balaban J connectivity index is 1.66. The first-order valence-corrected chi connectivity index (χ1v) is 10.6. The fourth-order valence-electron chi connectivity index (χ4n) is 3.97. The molecule has 1 N–H and O–H groups in total. The number of benzene rings is 1. The first-order valence-electron chi connectivity index (χ1n) is 10.6. The highest BCUT2D eigenvalue weighted by Gasteiger charge is 2.40. The van der Waals surface area contributed by atoms with E-state index in [0.717, 1.165) is 13.0 Å². The third-order valence-electron chi connectivity index (χ3n) is 5.45. The van der Waals surface area contributed by atoms with Crippen LogP contribution in [-0.4, -0.2) is 78.6 Å². The normalized spacial score (nSPS) is 21.0. The summed E-state index contributed by atoms with van der Waals surface area (Å²) in [7, 11) is 4.02. The fraction of sp³-hybridized carbons (Fsp3) is 0.522. The van der Waals surface area contributed by atoms with Crippen LogP contribution in [-0.2, 0) is 4.79 Å². The van der Waals surface area contributed by atoms with E-state index < -0.39 is 5.67 Å².